The summed E-state index contributed by atoms with van der Waals surface area (Å²) in [5, 5.41) is 10.4. The molecule has 118 valence electrons. The van der Waals surface area contributed by atoms with E-state index in [0.29, 0.717) is 26.8 Å². The molecule has 0 atom stereocenters. The summed E-state index contributed by atoms with van der Waals surface area (Å²) in [6.45, 7) is 2.74. The fourth-order valence-electron chi connectivity index (χ4n) is 1.87. The lowest BCUT2D eigenvalue weighted by Crippen LogP contribution is -2.24. The van der Waals surface area contributed by atoms with Gasteiger partial charge in [0.2, 0.25) is 0 Å². The van der Waals surface area contributed by atoms with Crippen molar-refractivity contribution in [3.8, 4) is 11.5 Å². The lowest BCUT2D eigenvalue weighted by atomic mass is 10.2. The first-order valence-electron chi connectivity index (χ1n) is 6.76. The molecule has 0 saturated carbocycles. The fourth-order valence-corrected chi connectivity index (χ4v) is 3.30. The third-order valence-corrected chi connectivity index (χ3v) is 4.84. The number of thioether (sulfide) groups is 1. The van der Waals surface area contributed by atoms with Crippen molar-refractivity contribution in [3.63, 3.8) is 0 Å². The van der Waals surface area contributed by atoms with E-state index in [1.54, 1.807) is 30.2 Å². The van der Waals surface area contributed by atoms with Gasteiger partial charge in [-0.3, -0.25) is 14.7 Å². The van der Waals surface area contributed by atoms with Gasteiger partial charge in [0.05, 0.1) is 12.0 Å². The van der Waals surface area contributed by atoms with Crippen LogP contribution in [0.2, 0.25) is 0 Å². The first-order valence-corrected chi connectivity index (χ1v) is 8.37. The van der Waals surface area contributed by atoms with Crippen LogP contribution in [-0.4, -0.2) is 41.8 Å². The molecule has 2 rings (SSSR count). The van der Waals surface area contributed by atoms with E-state index >= 15 is 0 Å². The minimum atomic E-state index is -0.0844. The molecule has 0 unspecified atom stereocenters. The zero-order chi connectivity index (χ0) is 16.3. The van der Waals surface area contributed by atoms with E-state index in [9.17, 15) is 9.90 Å². The SMILES string of the molecule is CCC/N=C1/S/C(=C\c2cc(OC)c(O)cc2Br)C(=O)N1C. The Labute approximate surface area is 142 Å². The first kappa shape index (κ1) is 16.9. The first-order chi connectivity index (χ1) is 10.5. The molecule has 1 heterocycles. The number of carbonyl (C=O) groups excluding carboxylic acids is 1. The van der Waals surface area contributed by atoms with Crippen LogP contribution in [0.25, 0.3) is 6.08 Å². The number of nitrogens with zero attached hydrogens (tertiary/aromatic N) is 2. The van der Waals surface area contributed by atoms with Crippen LogP contribution >= 0.6 is 27.7 Å². The number of aromatic hydroxyl groups is 1. The number of halogens is 1. The van der Waals surface area contributed by atoms with Crippen molar-refractivity contribution in [2.24, 2.45) is 4.99 Å². The number of amides is 1. The Morgan fingerprint density at radius 2 is 2.23 bits per heavy atom. The van der Waals surface area contributed by atoms with Gasteiger partial charge in [-0.15, -0.1) is 0 Å². The van der Waals surface area contributed by atoms with Crippen LogP contribution in [-0.2, 0) is 4.79 Å². The van der Waals surface area contributed by atoms with Gasteiger partial charge in [0, 0.05) is 18.1 Å². The maximum Gasteiger partial charge on any atom is 0.266 e. The summed E-state index contributed by atoms with van der Waals surface area (Å²) in [5.41, 5.74) is 0.760. The summed E-state index contributed by atoms with van der Waals surface area (Å²) in [4.78, 5) is 18.8. The number of aliphatic imine (C=N–C) groups is 1. The summed E-state index contributed by atoms with van der Waals surface area (Å²) in [7, 11) is 3.20. The normalized spacial score (nSPS) is 18.5. The van der Waals surface area contributed by atoms with Crippen molar-refractivity contribution in [2.45, 2.75) is 13.3 Å². The van der Waals surface area contributed by atoms with Crippen LogP contribution < -0.4 is 4.74 Å². The van der Waals surface area contributed by atoms with Gasteiger partial charge in [0.25, 0.3) is 5.91 Å². The van der Waals surface area contributed by atoms with Crippen LogP contribution in [0.4, 0.5) is 0 Å². The summed E-state index contributed by atoms with van der Waals surface area (Å²) in [6.07, 6.45) is 2.70. The average Bonchev–Trinajstić information content (AvgIpc) is 2.76. The van der Waals surface area contributed by atoms with E-state index in [4.69, 9.17) is 4.74 Å². The molecule has 7 heteroatoms. The van der Waals surface area contributed by atoms with Gasteiger partial charge in [-0.05, 0) is 42.0 Å². The number of amidine groups is 1. The number of benzene rings is 1. The number of phenols is 1. The molecule has 22 heavy (non-hydrogen) atoms. The molecule has 0 bridgehead atoms. The highest BCUT2D eigenvalue weighted by Gasteiger charge is 2.30. The second-order valence-corrected chi connectivity index (χ2v) is 6.55. The molecule has 1 saturated heterocycles. The van der Waals surface area contributed by atoms with Crippen LogP contribution in [0, 0.1) is 0 Å². The molecule has 0 aliphatic carbocycles. The molecule has 5 nitrogen and oxygen atoms in total. The molecular formula is C15H17BrN2O3S. The molecule has 0 radical (unpaired) electrons. The molecule has 0 aromatic heterocycles. The Bertz CT molecular complexity index is 658. The van der Waals surface area contributed by atoms with Crippen molar-refractivity contribution < 1.29 is 14.6 Å². The van der Waals surface area contributed by atoms with E-state index < -0.39 is 0 Å². The number of carbonyl (C=O) groups is 1. The van der Waals surface area contributed by atoms with Crippen LogP contribution in [0.3, 0.4) is 0 Å². The largest absolute Gasteiger partial charge is 0.504 e. The van der Waals surface area contributed by atoms with Gasteiger partial charge in [-0.2, -0.15) is 0 Å². The second-order valence-electron chi connectivity index (χ2n) is 4.68. The molecular weight excluding hydrogens is 368 g/mol. The van der Waals surface area contributed by atoms with Gasteiger partial charge in [0.15, 0.2) is 16.7 Å². The van der Waals surface area contributed by atoms with Crippen LogP contribution in [0.15, 0.2) is 26.5 Å². The van der Waals surface area contributed by atoms with Crippen molar-refractivity contribution in [3.05, 3.63) is 27.1 Å². The molecule has 1 aliphatic rings. The Hall–Kier alpha value is -1.47. The number of phenolic OH excluding ortho intramolecular Hbond substituents is 1. The van der Waals surface area contributed by atoms with E-state index in [2.05, 4.69) is 20.9 Å². The monoisotopic (exact) mass is 384 g/mol. The summed E-state index contributed by atoms with van der Waals surface area (Å²) in [6, 6.07) is 3.23. The van der Waals surface area contributed by atoms with Crippen molar-refractivity contribution in [2.75, 3.05) is 20.7 Å². The minimum Gasteiger partial charge on any atom is -0.504 e. The number of likely N-dealkylation sites (N-methyl/N-ethyl adjacent to an activating group) is 1. The maximum atomic E-state index is 12.3. The number of methoxy groups -OCH3 is 1. The number of rotatable bonds is 4. The van der Waals surface area contributed by atoms with E-state index in [1.807, 2.05) is 6.92 Å². The number of ether oxygens (including phenoxy) is 1. The Balaban J connectivity index is 2.36. The standard InChI is InChI=1S/C15H17BrN2O3S/c1-4-5-17-15-18(2)14(20)13(22-15)7-9-6-12(21-3)11(19)8-10(9)16/h6-8,19H,4-5H2,1-3H3/b13-7-,17-15+. The topological polar surface area (TPSA) is 62.1 Å². The van der Waals surface area contributed by atoms with Gasteiger partial charge >= 0.3 is 0 Å². The lowest BCUT2D eigenvalue weighted by molar-refractivity contribution is -0.121. The minimum absolute atomic E-state index is 0.0456. The molecule has 1 fully saturated rings. The summed E-state index contributed by atoms with van der Waals surface area (Å²) < 4.78 is 5.79. The third kappa shape index (κ3) is 3.47. The quantitative estimate of drug-likeness (QED) is 0.807. The maximum absolute atomic E-state index is 12.3. The van der Waals surface area contributed by atoms with Gasteiger partial charge < -0.3 is 9.84 Å². The van der Waals surface area contributed by atoms with Crippen molar-refractivity contribution in [1.29, 1.82) is 0 Å². The molecule has 1 aromatic rings. The highest BCUT2D eigenvalue weighted by atomic mass is 79.9. The second kappa shape index (κ2) is 7.19. The van der Waals surface area contributed by atoms with Gasteiger partial charge in [0.1, 0.15) is 0 Å². The molecule has 0 spiro atoms. The smallest absolute Gasteiger partial charge is 0.266 e. The summed E-state index contributed by atoms with van der Waals surface area (Å²) in [5.74, 6) is 0.321. The third-order valence-electron chi connectivity index (χ3n) is 3.06. The van der Waals surface area contributed by atoms with Crippen molar-refractivity contribution in [1.82, 2.24) is 4.90 Å². The van der Waals surface area contributed by atoms with Crippen molar-refractivity contribution >= 4 is 44.8 Å². The number of hydrogen-bond acceptors (Lipinski definition) is 5. The fraction of sp³-hybridized carbons (Fsp3) is 0.333. The van der Waals surface area contributed by atoms with Crippen LogP contribution in [0.5, 0.6) is 11.5 Å². The van der Waals surface area contributed by atoms with E-state index in [-0.39, 0.29) is 11.7 Å². The van der Waals surface area contributed by atoms with Crippen LogP contribution in [0.1, 0.15) is 18.9 Å². The Kier molecular flexibility index (Phi) is 5.52. The number of hydrogen-bond donors (Lipinski definition) is 1. The molecule has 1 N–H and O–H groups in total. The zero-order valence-corrected chi connectivity index (χ0v) is 15.0. The Morgan fingerprint density at radius 1 is 1.50 bits per heavy atom. The lowest BCUT2D eigenvalue weighted by Gasteiger charge is -2.07. The van der Waals surface area contributed by atoms with E-state index in [1.165, 1.54) is 18.9 Å². The zero-order valence-electron chi connectivity index (χ0n) is 12.6. The summed E-state index contributed by atoms with van der Waals surface area (Å²) >= 11 is 4.74. The predicted octanol–water partition coefficient (Wildman–Crippen LogP) is 3.48. The Morgan fingerprint density at radius 3 is 2.86 bits per heavy atom. The highest BCUT2D eigenvalue weighted by molar-refractivity contribution is 9.10. The van der Waals surface area contributed by atoms with E-state index in [0.717, 1.165) is 12.0 Å². The van der Waals surface area contributed by atoms with Gasteiger partial charge in [-0.25, -0.2) is 0 Å². The molecule has 1 aliphatic heterocycles. The predicted molar refractivity (Wildman–Crippen MR) is 93.3 cm³/mol. The highest BCUT2D eigenvalue weighted by Crippen LogP contribution is 2.37. The molecule has 1 aromatic carbocycles. The molecule has 1 amide bonds. The van der Waals surface area contributed by atoms with Gasteiger partial charge in [-0.1, -0.05) is 22.9 Å². The average molecular weight is 385 g/mol.